The Kier molecular flexibility index (Phi) is 6.99. The molecule has 1 fully saturated rings. The lowest BCUT2D eigenvalue weighted by Gasteiger charge is -2.27. The van der Waals surface area contributed by atoms with Crippen molar-refractivity contribution in [2.24, 2.45) is 0 Å². The normalized spacial score (nSPS) is 14.6. The van der Waals surface area contributed by atoms with E-state index in [1.807, 2.05) is 6.07 Å². The van der Waals surface area contributed by atoms with Crippen LogP contribution in [0.2, 0.25) is 0 Å². The van der Waals surface area contributed by atoms with E-state index in [-0.39, 0.29) is 17.4 Å². The molecule has 1 aliphatic heterocycles. The van der Waals surface area contributed by atoms with Gasteiger partial charge in [-0.15, -0.1) is 0 Å². The number of nitrogens with one attached hydrogen (secondary N) is 2. The van der Waals surface area contributed by atoms with E-state index in [9.17, 15) is 14.9 Å². The molecule has 0 aromatic heterocycles. The highest BCUT2D eigenvalue weighted by atomic mass is 16.5. The lowest BCUT2D eigenvalue weighted by atomic mass is 10.1. The van der Waals surface area contributed by atoms with Gasteiger partial charge >= 0.3 is 5.97 Å². The van der Waals surface area contributed by atoms with Gasteiger partial charge in [0.1, 0.15) is 11.6 Å². The fourth-order valence-electron chi connectivity index (χ4n) is 2.42. The van der Waals surface area contributed by atoms with Crippen LogP contribution in [0.3, 0.4) is 0 Å². The molecule has 1 aromatic carbocycles. The molecule has 0 unspecified atom stereocenters. The van der Waals surface area contributed by atoms with Crippen LogP contribution in [0.4, 0.5) is 0 Å². The molecule has 2 rings (SSSR count). The molecule has 1 aliphatic rings. The summed E-state index contributed by atoms with van der Waals surface area (Å²) < 4.78 is 4.93. The van der Waals surface area contributed by atoms with E-state index in [0.29, 0.717) is 31.8 Å². The van der Waals surface area contributed by atoms with E-state index >= 15 is 0 Å². The molecule has 0 aliphatic carbocycles. The number of nitriles is 1. The minimum Gasteiger partial charge on any atom is -0.462 e. The third-order valence-corrected chi connectivity index (χ3v) is 3.77. The lowest BCUT2D eigenvalue weighted by Crippen LogP contribution is -2.46. The highest BCUT2D eigenvalue weighted by Crippen LogP contribution is 2.07. The van der Waals surface area contributed by atoms with E-state index < -0.39 is 0 Å². The summed E-state index contributed by atoms with van der Waals surface area (Å²) in [6.45, 7) is 5.24. The molecule has 132 valence electrons. The van der Waals surface area contributed by atoms with Gasteiger partial charge in [0, 0.05) is 38.9 Å². The molecular weight excluding hydrogens is 320 g/mol. The van der Waals surface area contributed by atoms with Crippen molar-refractivity contribution in [2.45, 2.75) is 13.5 Å². The summed E-state index contributed by atoms with van der Waals surface area (Å²) in [4.78, 5) is 25.5. The molecule has 0 spiro atoms. The van der Waals surface area contributed by atoms with Crippen molar-refractivity contribution in [3.05, 3.63) is 47.2 Å². The zero-order valence-electron chi connectivity index (χ0n) is 14.2. The quantitative estimate of drug-likeness (QED) is 0.451. The highest BCUT2D eigenvalue weighted by molar-refractivity contribution is 5.97. The maximum Gasteiger partial charge on any atom is 0.338 e. The molecule has 1 saturated heterocycles. The van der Waals surface area contributed by atoms with Crippen LogP contribution in [0.1, 0.15) is 22.8 Å². The second-order valence-corrected chi connectivity index (χ2v) is 5.51. The first kappa shape index (κ1) is 18.5. The molecular formula is C18H22N4O3. The van der Waals surface area contributed by atoms with Crippen LogP contribution < -0.4 is 10.6 Å². The van der Waals surface area contributed by atoms with E-state index in [2.05, 4.69) is 10.6 Å². The van der Waals surface area contributed by atoms with Crippen molar-refractivity contribution in [1.82, 2.24) is 15.5 Å². The second-order valence-electron chi connectivity index (χ2n) is 5.51. The third kappa shape index (κ3) is 5.33. The number of hydrogen-bond acceptors (Lipinski definition) is 6. The Bertz CT molecular complexity index is 671. The number of benzene rings is 1. The third-order valence-electron chi connectivity index (χ3n) is 3.77. The summed E-state index contributed by atoms with van der Waals surface area (Å²) in [7, 11) is 0. The van der Waals surface area contributed by atoms with Crippen molar-refractivity contribution in [3.8, 4) is 6.07 Å². The first-order valence-corrected chi connectivity index (χ1v) is 8.25. The first-order valence-electron chi connectivity index (χ1n) is 8.25. The van der Waals surface area contributed by atoms with Crippen LogP contribution in [0, 0.1) is 11.3 Å². The van der Waals surface area contributed by atoms with Crippen molar-refractivity contribution >= 4 is 11.9 Å². The van der Waals surface area contributed by atoms with Gasteiger partial charge in [0.05, 0.1) is 12.2 Å². The minimum atomic E-state index is -0.352. The van der Waals surface area contributed by atoms with Gasteiger partial charge in [-0.05, 0) is 24.6 Å². The smallest absolute Gasteiger partial charge is 0.338 e. The van der Waals surface area contributed by atoms with Gasteiger partial charge in [0.25, 0.3) is 5.91 Å². The monoisotopic (exact) mass is 342 g/mol. The maximum atomic E-state index is 12.3. The highest BCUT2D eigenvalue weighted by Gasteiger charge is 2.19. The average Bonchev–Trinajstić information content (AvgIpc) is 2.66. The topological polar surface area (TPSA) is 94.5 Å². The number of hydrogen-bond donors (Lipinski definition) is 2. The molecule has 0 bridgehead atoms. The van der Waals surface area contributed by atoms with Crippen LogP contribution in [-0.4, -0.2) is 49.6 Å². The van der Waals surface area contributed by atoms with Crippen LogP contribution >= 0.6 is 0 Å². The van der Waals surface area contributed by atoms with Crippen molar-refractivity contribution in [3.63, 3.8) is 0 Å². The Morgan fingerprint density at radius 1 is 1.32 bits per heavy atom. The summed E-state index contributed by atoms with van der Waals surface area (Å²) in [6, 6.07) is 8.94. The summed E-state index contributed by atoms with van der Waals surface area (Å²) in [5.74, 6) is -0.607. The minimum absolute atomic E-state index is 0.0880. The second kappa shape index (κ2) is 9.45. The predicted octanol–water partition coefficient (Wildman–Crippen LogP) is 0.792. The Balaban J connectivity index is 1.90. The van der Waals surface area contributed by atoms with Crippen LogP contribution in [0.5, 0.6) is 0 Å². The first-order chi connectivity index (χ1) is 12.2. The number of piperazine rings is 1. The van der Waals surface area contributed by atoms with Crippen LogP contribution in [-0.2, 0) is 16.1 Å². The van der Waals surface area contributed by atoms with Gasteiger partial charge in [-0.25, -0.2) is 4.79 Å². The number of carbonyl (C=O) groups is 2. The average molecular weight is 342 g/mol. The van der Waals surface area contributed by atoms with E-state index in [0.717, 1.165) is 18.7 Å². The van der Waals surface area contributed by atoms with Crippen molar-refractivity contribution in [2.75, 3.05) is 32.8 Å². The molecule has 0 radical (unpaired) electrons. The summed E-state index contributed by atoms with van der Waals surface area (Å²) >= 11 is 0. The van der Waals surface area contributed by atoms with E-state index in [1.165, 1.54) is 6.20 Å². The summed E-state index contributed by atoms with van der Waals surface area (Å²) in [5.41, 5.74) is 1.51. The molecule has 1 heterocycles. The standard InChI is InChI=1S/C18H22N4O3/c1-2-25-18(24)15-5-3-14(4-6-15)12-21-13-16(11-19)17(23)22-9-7-20-8-10-22/h3-6,13,20-21H,2,7-10,12H2,1H3/b16-13-. The number of esters is 1. The van der Waals surface area contributed by atoms with Gasteiger partial charge in [0.15, 0.2) is 0 Å². The number of ether oxygens (including phenoxy) is 1. The fourth-order valence-corrected chi connectivity index (χ4v) is 2.42. The van der Waals surface area contributed by atoms with Gasteiger partial charge in [0.2, 0.25) is 0 Å². The molecule has 0 saturated carbocycles. The van der Waals surface area contributed by atoms with Gasteiger partial charge in [-0.2, -0.15) is 5.26 Å². The fraction of sp³-hybridized carbons (Fsp3) is 0.389. The number of nitrogens with zero attached hydrogens (tertiary/aromatic N) is 2. The maximum absolute atomic E-state index is 12.3. The lowest BCUT2D eigenvalue weighted by molar-refractivity contribution is -0.127. The van der Waals surface area contributed by atoms with Gasteiger partial charge in [-0.3, -0.25) is 4.79 Å². The largest absolute Gasteiger partial charge is 0.462 e. The Morgan fingerprint density at radius 2 is 2.00 bits per heavy atom. The van der Waals surface area contributed by atoms with Crippen LogP contribution in [0.15, 0.2) is 36.0 Å². The zero-order valence-corrected chi connectivity index (χ0v) is 14.2. The zero-order chi connectivity index (χ0) is 18.1. The number of carbonyl (C=O) groups excluding carboxylic acids is 2. The van der Waals surface area contributed by atoms with Crippen molar-refractivity contribution < 1.29 is 14.3 Å². The number of rotatable bonds is 6. The van der Waals surface area contributed by atoms with Gasteiger partial charge in [-0.1, -0.05) is 12.1 Å². The summed E-state index contributed by atoms with van der Waals surface area (Å²) in [5, 5.41) is 15.3. The molecule has 2 N–H and O–H groups in total. The molecule has 1 aromatic rings. The van der Waals surface area contributed by atoms with Crippen molar-refractivity contribution in [1.29, 1.82) is 5.26 Å². The van der Waals surface area contributed by atoms with Crippen LogP contribution in [0.25, 0.3) is 0 Å². The van der Waals surface area contributed by atoms with E-state index in [1.54, 1.807) is 36.1 Å². The summed E-state index contributed by atoms with van der Waals surface area (Å²) in [6.07, 6.45) is 1.45. The Labute approximate surface area is 147 Å². The predicted molar refractivity (Wildman–Crippen MR) is 92.4 cm³/mol. The Morgan fingerprint density at radius 3 is 2.60 bits per heavy atom. The molecule has 7 heteroatoms. The number of amides is 1. The molecule has 0 atom stereocenters. The van der Waals surface area contributed by atoms with Gasteiger partial charge < -0.3 is 20.3 Å². The molecule has 7 nitrogen and oxygen atoms in total. The SMILES string of the molecule is CCOC(=O)c1ccc(CN/C=C(/C#N)C(=O)N2CCNCC2)cc1. The molecule has 1 amide bonds. The molecule has 25 heavy (non-hydrogen) atoms. The Hall–Kier alpha value is -2.85. The van der Waals surface area contributed by atoms with E-state index in [4.69, 9.17) is 4.74 Å².